The highest BCUT2D eigenvalue weighted by Crippen LogP contribution is 2.20. The summed E-state index contributed by atoms with van der Waals surface area (Å²) < 4.78 is 5.59. The number of anilines is 1. The Morgan fingerprint density at radius 2 is 1.93 bits per heavy atom. The average Bonchev–Trinajstić information content (AvgIpc) is 2.77. The summed E-state index contributed by atoms with van der Waals surface area (Å²) in [6.45, 7) is 5.47. The molecule has 2 N–H and O–H groups in total. The molecule has 2 aromatic rings. The molecule has 30 heavy (non-hydrogen) atoms. The number of rotatable bonds is 7. The first-order valence-corrected chi connectivity index (χ1v) is 10.5. The summed E-state index contributed by atoms with van der Waals surface area (Å²) >= 11 is 0. The van der Waals surface area contributed by atoms with Crippen LogP contribution in [-0.2, 0) is 4.79 Å². The second-order valence-electron chi connectivity index (χ2n) is 7.39. The van der Waals surface area contributed by atoms with E-state index in [0.29, 0.717) is 30.4 Å². The molecule has 8 nitrogen and oxygen atoms in total. The molecule has 3 heterocycles. The Morgan fingerprint density at radius 3 is 2.53 bits per heavy atom. The first-order valence-electron chi connectivity index (χ1n) is 10.5. The number of urea groups is 1. The van der Waals surface area contributed by atoms with Crippen molar-refractivity contribution in [3.63, 3.8) is 0 Å². The molecule has 0 spiro atoms. The molecule has 0 aliphatic carbocycles. The van der Waals surface area contributed by atoms with Crippen LogP contribution in [-0.4, -0.2) is 45.9 Å². The maximum absolute atomic E-state index is 12.5. The number of carbonyl (C=O) groups is 2. The molecule has 3 rings (SSSR count). The maximum atomic E-state index is 12.5. The topological polar surface area (TPSA) is 96.5 Å². The molecular weight excluding hydrogens is 382 g/mol. The van der Waals surface area contributed by atoms with Crippen molar-refractivity contribution >= 4 is 17.6 Å². The number of pyridine rings is 2. The van der Waals surface area contributed by atoms with Gasteiger partial charge in [-0.3, -0.25) is 9.78 Å². The predicted molar refractivity (Wildman–Crippen MR) is 114 cm³/mol. The van der Waals surface area contributed by atoms with Gasteiger partial charge in [0.1, 0.15) is 5.75 Å². The number of nitrogens with one attached hydrogen (secondary N) is 2. The first kappa shape index (κ1) is 21.5. The lowest BCUT2D eigenvalue weighted by molar-refractivity contribution is -0.136. The van der Waals surface area contributed by atoms with Gasteiger partial charge in [0.05, 0.1) is 18.1 Å². The van der Waals surface area contributed by atoms with Crippen LogP contribution in [0.5, 0.6) is 11.6 Å². The molecule has 1 fully saturated rings. The third kappa shape index (κ3) is 5.92. The zero-order chi connectivity index (χ0) is 21.3. The summed E-state index contributed by atoms with van der Waals surface area (Å²) in [6, 6.07) is 6.76. The molecule has 3 amide bonds. The van der Waals surface area contributed by atoms with Gasteiger partial charge in [-0.25, -0.2) is 9.78 Å². The molecule has 0 atom stereocenters. The summed E-state index contributed by atoms with van der Waals surface area (Å²) in [6.07, 6.45) is 8.07. The van der Waals surface area contributed by atoms with E-state index >= 15 is 0 Å². The number of aromatic nitrogens is 2. The monoisotopic (exact) mass is 411 g/mol. The van der Waals surface area contributed by atoms with Crippen molar-refractivity contribution in [2.24, 2.45) is 5.92 Å². The lowest BCUT2D eigenvalue weighted by atomic mass is 9.98. The van der Waals surface area contributed by atoms with Crippen LogP contribution in [0.3, 0.4) is 0 Å². The zero-order valence-corrected chi connectivity index (χ0v) is 17.5. The molecule has 0 saturated carbocycles. The molecule has 8 heteroatoms. The second-order valence-corrected chi connectivity index (χ2v) is 7.39. The van der Waals surface area contributed by atoms with E-state index < -0.39 is 0 Å². The minimum absolute atomic E-state index is 0.0527. The van der Waals surface area contributed by atoms with Crippen LogP contribution in [0.2, 0.25) is 0 Å². The van der Waals surface area contributed by atoms with Crippen LogP contribution in [0.4, 0.5) is 10.5 Å². The van der Waals surface area contributed by atoms with Crippen LogP contribution in [0.1, 0.15) is 39.5 Å². The Labute approximate surface area is 177 Å². The Bertz CT molecular complexity index is 816. The molecule has 1 aliphatic heterocycles. The number of nitrogens with zero attached hydrogens (tertiary/aromatic N) is 3. The standard InChI is InChI=1S/C22H29N5O3/c1-3-16(4-2)21(28)27-12-9-17(10-13-27)25-22(29)26-18-7-8-20(24-14-18)30-19-6-5-11-23-15-19/h5-8,11,14-17H,3-4,9-10,12-13H2,1-2H3,(H2,25,26,29). The summed E-state index contributed by atoms with van der Waals surface area (Å²) in [4.78, 5) is 34.9. The minimum Gasteiger partial charge on any atom is -0.437 e. The number of hydrogen-bond acceptors (Lipinski definition) is 5. The van der Waals surface area contributed by atoms with E-state index in [1.807, 2.05) is 4.90 Å². The highest BCUT2D eigenvalue weighted by Gasteiger charge is 2.27. The van der Waals surface area contributed by atoms with Gasteiger partial charge >= 0.3 is 6.03 Å². The van der Waals surface area contributed by atoms with Crippen LogP contribution >= 0.6 is 0 Å². The van der Waals surface area contributed by atoms with Crippen molar-refractivity contribution in [3.8, 4) is 11.6 Å². The SMILES string of the molecule is CCC(CC)C(=O)N1CCC(NC(=O)Nc2ccc(Oc3cccnc3)nc2)CC1. The summed E-state index contributed by atoms with van der Waals surface area (Å²) in [5, 5.41) is 5.77. The van der Waals surface area contributed by atoms with E-state index in [1.54, 1.807) is 42.9 Å². The predicted octanol–water partition coefficient (Wildman–Crippen LogP) is 3.82. The van der Waals surface area contributed by atoms with Gasteiger partial charge in [-0.1, -0.05) is 13.8 Å². The number of likely N-dealkylation sites (tertiary alicyclic amines) is 1. The van der Waals surface area contributed by atoms with E-state index in [9.17, 15) is 9.59 Å². The Kier molecular flexibility index (Phi) is 7.59. The Morgan fingerprint density at radius 1 is 1.17 bits per heavy atom. The first-order chi connectivity index (χ1) is 14.6. The fraction of sp³-hybridized carbons (Fsp3) is 0.455. The molecule has 0 bridgehead atoms. The average molecular weight is 412 g/mol. The molecule has 1 aliphatic rings. The van der Waals surface area contributed by atoms with Crippen molar-refractivity contribution < 1.29 is 14.3 Å². The van der Waals surface area contributed by atoms with Gasteiger partial charge < -0.3 is 20.3 Å². The Hall–Kier alpha value is -3.16. The van der Waals surface area contributed by atoms with Crippen LogP contribution in [0.25, 0.3) is 0 Å². The van der Waals surface area contributed by atoms with Gasteiger partial charge in [0.2, 0.25) is 11.8 Å². The fourth-order valence-electron chi connectivity index (χ4n) is 3.54. The summed E-state index contributed by atoms with van der Waals surface area (Å²) in [5.41, 5.74) is 0.576. The normalized spacial score (nSPS) is 14.4. The Balaban J connectivity index is 1.43. The minimum atomic E-state index is -0.275. The maximum Gasteiger partial charge on any atom is 0.319 e. The van der Waals surface area contributed by atoms with Gasteiger partial charge in [-0.2, -0.15) is 0 Å². The molecule has 2 aromatic heterocycles. The van der Waals surface area contributed by atoms with Crippen molar-refractivity contribution in [1.82, 2.24) is 20.2 Å². The van der Waals surface area contributed by atoms with E-state index in [1.165, 1.54) is 0 Å². The van der Waals surface area contributed by atoms with Gasteiger partial charge in [-0.05, 0) is 43.9 Å². The van der Waals surface area contributed by atoms with Crippen LogP contribution in [0, 0.1) is 5.92 Å². The van der Waals surface area contributed by atoms with Crippen LogP contribution in [0.15, 0.2) is 42.9 Å². The number of amides is 3. The van der Waals surface area contributed by atoms with Gasteiger partial charge in [-0.15, -0.1) is 0 Å². The van der Waals surface area contributed by atoms with Crippen molar-refractivity contribution in [1.29, 1.82) is 0 Å². The number of piperidine rings is 1. The highest BCUT2D eigenvalue weighted by atomic mass is 16.5. The lowest BCUT2D eigenvalue weighted by Crippen LogP contribution is -2.48. The van der Waals surface area contributed by atoms with Gasteiger partial charge in [0, 0.05) is 37.3 Å². The lowest BCUT2D eigenvalue weighted by Gasteiger charge is -2.34. The quantitative estimate of drug-likeness (QED) is 0.722. The van der Waals surface area contributed by atoms with Crippen molar-refractivity contribution in [3.05, 3.63) is 42.9 Å². The third-order valence-electron chi connectivity index (χ3n) is 5.33. The highest BCUT2D eigenvalue weighted by molar-refractivity contribution is 5.89. The molecular formula is C22H29N5O3. The molecule has 0 unspecified atom stereocenters. The largest absolute Gasteiger partial charge is 0.437 e. The number of carbonyl (C=O) groups excluding carboxylic acids is 2. The second kappa shape index (κ2) is 10.6. The molecule has 160 valence electrons. The number of ether oxygens (including phenoxy) is 1. The van der Waals surface area contributed by atoms with Crippen molar-refractivity contribution in [2.45, 2.75) is 45.6 Å². The van der Waals surface area contributed by atoms with Crippen molar-refractivity contribution in [2.75, 3.05) is 18.4 Å². The molecule has 0 aromatic carbocycles. The molecule has 0 radical (unpaired) electrons. The number of hydrogen-bond donors (Lipinski definition) is 2. The van der Waals surface area contributed by atoms with Gasteiger partial charge in [0.25, 0.3) is 0 Å². The summed E-state index contributed by atoms with van der Waals surface area (Å²) in [5.74, 6) is 1.36. The van der Waals surface area contributed by atoms with Gasteiger partial charge in [0.15, 0.2) is 0 Å². The van der Waals surface area contributed by atoms with Crippen LogP contribution < -0.4 is 15.4 Å². The molecule has 1 saturated heterocycles. The van der Waals surface area contributed by atoms with E-state index in [4.69, 9.17) is 4.74 Å². The smallest absolute Gasteiger partial charge is 0.319 e. The third-order valence-corrected chi connectivity index (χ3v) is 5.33. The van der Waals surface area contributed by atoms with E-state index in [2.05, 4.69) is 34.4 Å². The summed E-state index contributed by atoms with van der Waals surface area (Å²) in [7, 11) is 0. The zero-order valence-electron chi connectivity index (χ0n) is 17.5. The van der Waals surface area contributed by atoms with E-state index in [0.717, 1.165) is 25.7 Å². The van der Waals surface area contributed by atoms with E-state index in [-0.39, 0.29) is 23.9 Å². The fourth-order valence-corrected chi connectivity index (χ4v) is 3.54.